The van der Waals surface area contributed by atoms with Crippen LogP contribution in [0.5, 0.6) is 0 Å². The van der Waals surface area contributed by atoms with Gasteiger partial charge < -0.3 is 0 Å². The molecule has 60 valence electrons. The normalized spacial score (nSPS) is 10.4. The van der Waals surface area contributed by atoms with E-state index in [1.807, 2.05) is 0 Å². The quantitative estimate of drug-likeness (QED) is 0.565. The third-order valence-corrected chi connectivity index (χ3v) is 1.51. The summed E-state index contributed by atoms with van der Waals surface area (Å²) >= 11 is 0. The summed E-state index contributed by atoms with van der Waals surface area (Å²) in [6.07, 6.45) is 1.60. The Labute approximate surface area is 68.0 Å². The Kier molecular flexibility index (Phi) is 1.36. The molecule has 0 unspecified atom stereocenters. The predicted octanol–water partition coefficient (Wildman–Crippen LogP) is 0.486. The fourth-order valence-electron chi connectivity index (χ4n) is 0.977. The lowest BCUT2D eigenvalue weighted by Gasteiger charge is -1.91. The van der Waals surface area contributed by atoms with Crippen LogP contribution in [0.4, 0.5) is 0 Å². The molecule has 0 aliphatic carbocycles. The van der Waals surface area contributed by atoms with Gasteiger partial charge in [0.05, 0.1) is 0 Å². The highest BCUT2D eigenvalue weighted by Gasteiger charge is 2.06. The summed E-state index contributed by atoms with van der Waals surface area (Å²) in [5.74, 6) is -0.184. The zero-order chi connectivity index (χ0) is 8.55. The maximum atomic E-state index is 10.9. The highest BCUT2D eigenvalue weighted by atomic mass is 16.2. The van der Waals surface area contributed by atoms with E-state index in [0.29, 0.717) is 11.2 Å². The molecule has 5 nitrogen and oxygen atoms in total. The van der Waals surface area contributed by atoms with Gasteiger partial charge in [-0.25, -0.2) is 4.98 Å². The topological polar surface area (TPSA) is 60.7 Å². The fraction of sp³-hybridized carbons (Fsp3) is 0.143. The van der Waals surface area contributed by atoms with Gasteiger partial charge in [0, 0.05) is 13.1 Å². The molecular weight excluding hydrogens is 156 g/mol. The number of rotatable bonds is 0. The lowest BCUT2D eigenvalue weighted by Crippen LogP contribution is -2.07. The van der Waals surface area contributed by atoms with Crippen LogP contribution in [-0.4, -0.2) is 25.9 Å². The van der Waals surface area contributed by atoms with Crippen molar-refractivity contribution in [1.29, 1.82) is 0 Å². The standard InChI is InChI=1S/C7H6N4O/c1-5(12)11-7-6(9-10-11)3-2-4-8-7/h2-4H,1H3. The molecule has 0 amide bonds. The predicted molar refractivity (Wildman–Crippen MR) is 41.6 cm³/mol. The molecular formula is C7H6N4O. The first-order chi connectivity index (χ1) is 5.79. The van der Waals surface area contributed by atoms with Gasteiger partial charge in [0.2, 0.25) is 5.91 Å². The molecule has 0 aliphatic rings. The van der Waals surface area contributed by atoms with Crippen LogP contribution in [0, 0.1) is 0 Å². The molecule has 5 heteroatoms. The number of hydrogen-bond acceptors (Lipinski definition) is 4. The number of fused-ring (bicyclic) bond motifs is 1. The van der Waals surface area contributed by atoms with Crippen molar-refractivity contribution in [3.05, 3.63) is 18.3 Å². The van der Waals surface area contributed by atoms with Crippen LogP contribution in [0.3, 0.4) is 0 Å². The fourth-order valence-corrected chi connectivity index (χ4v) is 0.977. The summed E-state index contributed by atoms with van der Waals surface area (Å²) in [5, 5.41) is 7.42. The molecule has 0 N–H and O–H groups in total. The maximum Gasteiger partial charge on any atom is 0.247 e. The molecule has 0 saturated carbocycles. The second-order valence-electron chi connectivity index (χ2n) is 2.37. The van der Waals surface area contributed by atoms with Crippen molar-refractivity contribution < 1.29 is 4.79 Å². The van der Waals surface area contributed by atoms with Crippen LogP contribution in [0.25, 0.3) is 11.2 Å². The minimum absolute atomic E-state index is 0.184. The first-order valence-electron chi connectivity index (χ1n) is 3.46. The van der Waals surface area contributed by atoms with Crippen LogP contribution < -0.4 is 0 Å². The molecule has 2 rings (SSSR count). The third-order valence-electron chi connectivity index (χ3n) is 1.51. The van der Waals surface area contributed by atoms with Crippen molar-refractivity contribution in [3.63, 3.8) is 0 Å². The third kappa shape index (κ3) is 0.868. The first kappa shape index (κ1) is 6.90. The Morgan fingerprint density at radius 3 is 3.17 bits per heavy atom. The van der Waals surface area contributed by atoms with E-state index in [2.05, 4.69) is 15.3 Å². The minimum atomic E-state index is -0.184. The summed E-state index contributed by atoms with van der Waals surface area (Å²) in [6, 6.07) is 3.51. The van der Waals surface area contributed by atoms with Gasteiger partial charge in [-0.05, 0) is 12.1 Å². The van der Waals surface area contributed by atoms with E-state index in [1.165, 1.54) is 11.6 Å². The molecule has 0 aromatic carbocycles. The number of aromatic nitrogens is 4. The Bertz CT molecular complexity index is 434. The average Bonchev–Trinajstić information content (AvgIpc) is 2.47. The van der Waals surface area contributed by atoms with Crippen LogP contribution in [-0.2, 0) is 0 Å². The summed E-state index contributed by atoms with van der Waals surface area (Å²) in [5.41, 5.74) is 1.14. The molecule has 0 saturated heterocycles. The zero-order valence-corrected chi connectivity index (χ0v) is 6.43. The van der Waals surface area contributed by atoms with Gasteiger partial charge in [0.25, 0.3) is 0 Å². The maximum absolute atomic E-state index is 10.9. The SMILES string of the molecule is CC(=O)n1nnc2cccnc21. The lowest BCUT2D eigenvalue weighted by atomic mass is 10.4. The summed E-state index contributed by atoms with van der Waals surface area (Å²) in [7, 11) is 0. The molecule has 0 bridgehead atoms. The number of carbonyl (C=O) groups is 1. The Morgan fingerprint density at radius 2 is 2.42 bits per heavy atom. The van der Waals surface area contributed by atoms with E-state index in [0.717, 1.165) is 0 Å². The number of carbonyl (C=O) groups excluding carboxylic acids is 1. The summed E-state index contributed by atoms with van der Waals surface area (Å²) in [6.45, 7) is 1.42. The lowest BCUT2D eigenvalue weighted by molar-refractivity contribution is 0.0923. The Morgan fingerprint density at radius 1 is 1.58 bits per heavy atom. The van der Waals surface area contributed by atoms with Gasteiger partial charge in [0.1, 0.15) is 5.52 Å². The Hall–Kier alpha value is -1.78. The Balaban J connectivity index is 2.79. The van der Waals surface area contributed by atoms with E-state index >= 15 is 0 Å². The smallest absolute Gasteiger partial charge is 0.247 e. The van der Waals surface area contributed by atoms with Gasteiger partial charge in [0.15, 0.2) is 5.65 Å². The minimum Gasteiger partial charge on any atom is -0.273 e. The molecule has 0 atom stereocenters. The van der Waals surface area contributed by atoms with Gasteiger partial charge in [-0.15, -0.1) is 5.10 Å². The van der Waals surface area contributed by atoms with Gasteiger partial charge >= 0.3 is 0 Å². The molecule has 12 heavy (non-hydrogen) atoms. The molecule has 0 aliphatic heterocycles. The summed E-state index contributed by atoms with van der Waals surface area (Å²) in [4.78, 5) is 14.9. The van der Waals surface area contributed by atoms with E-state index in [9.17, 15) is 4.79 Å². The second kappa shape index (κ2) is 2.37. The van der Waals surface area contributed by atoms with E-state index in [1.54, 1.807) is 18.3 Å². The van der Waals surface area contributed by atoms with Crippen molar-refractivity contribution in [2.45, 2.75) is 6.92 Å². The molecule has 2 aromatic heterocycles. The van der Waals surface area contributed by atoms with E-state index in [4.69, 9.17) is 0 Å². The van der Waals surface area contributed by atoms with Crippen molar-refractivity contribution in [1.82, 2.24) is 20.0 Å². The van der Waals surface area contributed by atoms with Gasteiger partial charge in [-0.2, -0.15) is 4.68 Å². The summed E-state index contributed by atoms with van der Waals surface area (Å²) < 4.78 is 1.18. The zero-order valence-electron chi connectivity index (χ0n) is 6.43. The number of hydrogen-bond donors (Lipinski definition) is 0. The largest absolute Gasteiger partial charge is 0.273 e. The molecule has 0 radical (unpaired) electrons. The van der Waals surface area contributed by atoms with Crippen LogP contribution in [0.15, 0.2) is 18.3 Å². The van der Waals surface area contributed by atoms with Crippen molar-refractivity contribution in [2.24, 2.45) is 0 Å². The molecule has 0 spiro atoms. The van der Waals surface area contributed by atoms with Crippen LogP contribution in [0.2, 0.25) is 0 Å². The number of nitrogens with zero attached hydrogens (tertiary/aromatic N) is 4. The van der Waals surface area contributed by atoms with Gasteiger partial charge in [-0.1, -0.05) is 5.21 Å². The van der Waals surface area contributed by atoms with Crippen molar-refractivity contribution in [2.75, 3.05) is 0 Å². The second-order valence-corrected chi connectivity index (χ2v) is 2.37. The van der Waals surface area contributed by atoms with Crippen LogP contribution in [0.1, 0.15) is 11.7 Å². The number of pyridine rings is 1. The van der Waals surface area contributed by atoms with E-state index in [-0.39, 0.29) is 5.91 Å². The molecule has 0 fully saturated rings. The van der Waals surface area contributed by atoms with Crippen molar-refractivity contribution >= 4 is 17.1 Å². The highest BCUT2D eigenvalue weighted by Crippen LogP contribution is 2.04. The molecule has 2 aromatic rings. The van der Waals surface area contributed by atoms with Crippen molar-refractivity contribution in [3.8, 4) is 0 Å². The van der Waals surface area contributed by atoms with E-state index < -0.39 is 0 Å². The first-order valence-corrected chi connectivity index (χ1v) is 3.46. The van der Waals surface area contributed by atoms with Gasteiger partial charge in [-0.3, -0.25) is 4.79 Å². The molecule has 2 heterocycles. The van der Waals surface area contributed by atoms with Crippen LogP contribution >= 0.6 is 0 Å². The highest BCUT2D eigenvalue weighted by molar-refractivity contribution is 5.84. The average molecular weight is 162 g/mol. The monoisotopic (exact) mass is 162 g/mol.